The lowest BCUT2D eigenvalue weighted by Gasteiger charge is -2.34. The van der Waals surface area contributed by atoms with Crippen molar-refractivity contribution < 1.29 is 18.3 Å². The molecule has 0 radical (unpaired) electrons. The molecule has 4 nitrogen and oxygen atoms in total. The van der Waals surface area contributed by atoms with Crippen molar-refractivity contribution in [2.45, 2.75) is 31.6 Å². The topological polar surface area (TPSA) is 32.8 Å². The molecule has 1 aliphatic heterocycles. The van der Waals surface area contributed by atoms with E-state index in [0.717, 1.165) is 50.0 Å². The van der Waals surface area contributed by atoms with E-state index in [4.69, 9.17) is 27.9 Å². The predicted molar refractivity (Wildman–Crippen MR) is 148 cm³/mol. The van der Waals surface area contributed by atoms with Crippen molar-refractivity contribution in [1.29, 1.82) is 0 Å². The molecule has 0 spiro atoms. The van der Waals surface area contributed by atoms with Crippen LogP contribution in [0.1, 0.15) is 42.7 Å². The number of rotatable bonds is 11. The fourth-order valence-electron chi connectivity index (χ4n) is 4.80. The second-order valence-corrected chi connectivity index (χ2v) is 10.4. The highest BCUT2D eigenvalue weighted by Crippen LogP contribution is 2.31. The van der Waals surface area contributed by atoms with Crippen molar-refractivity contribution in [1.82, 2.24) is 9.80 Å². The van der Waals surface area contributed by atoms with Gasteiger partial charge in [0.1, 0.15) is 24.0 Å². The number of ether oxygens (including phenoxy) is 1. The summed E-state index contributed by atoms with van der Waals surface area (Å²) in [5.74, 6) is 0.256. The number of benzene rings is 3. The summed E-state index contributed by atoms with van der Waals surface area (Å²) in [6.45, 7) is 4.29. The molecule has 0 N–H and O–H groups in total. The Morgan fingerprint density at radius 2 is 1.45 bits per heavy atom. The maximum atomic E-state index is 13.5. The van der Waals surface area contributed by atoms with Crippen molar-refractivity contribution in [3.05, 3.63) is 99.5 Å². The molecule has 1 heterocycles. The summed E-state index contributed by atoms with van der Waals surface area (Å²) in [5.41, 5.74) is 1.98. The number of carbonyl (C=O) groups is 1. The summed E-state index contributed by atoms with van der Waals surface area (Å²) < 4.78 is 32.7. The fraction of sp³-hybridized carbons (Fsp3) is 0.367. The van der Waals surface area contributed by atoms with Crippen LogP contribution in [0.2, 0.25) is 10.0 Å². The Hall–Kier alpha value is -2.67. The van der Waals surface area contributed by atoms with Gasteiger partial charge in [-0.25, -0.2) is 8.78 Å². The highest BCUT2D eigenvalue weighted by Gasteiger charge is 2.21. The number of hydrogen-bond acceptors (Lipinski definition) is 3. The number of carbonyl (C=O) groups excluding carboxylic acids is 1. The molecule has 1 aliphatic rings. The van der Waals surface area contributed by atoms with Gasteiger partial charge >= 0.3 is 0 Å². The van der Waals surface area contributed by atoms with Gasteiger partial charge in [-0.2, -0.15) is 0 Å². The van der Waals surface area contributed by atoms with Crippen molar-refractivity contribution in [3.8, 4) is 5.75 Å². The second-order valence-electron chi connectivity index (χ2n) is 9.55. The first-order valence-electron chi connectivity index (χ1n) is 13.0. The van der Waals surface area contributed by atoms with Crippen LogP contribution in [0.3, 0.4) is 0 Å². The summed E-state index contributed by atoms with van der Waals surface area (Å²) in [7, 11) is 0. The van der Waals surface area contributed by atoms with Gasteiger partial charge in [0.25, 0.3) is 0 Å². The minimum atomic E-state index is -0.282. The molecule has 38 heavy (non-hydrogen) atoms. The number of nitrogens with zero attached hydrogens (tertiary/aromatic N) is 2. The molecule has 3 aromatic carbocycles. The molecule has 3 aromatic rings. The molecule has 0 aromatic heterocycles. The smallest absolute Gasteiger partial charge is 0.222 e. The molecular weight excluding hydrogens is 529 g/mol. The van der Waals surface area contributed by atoms with Crippen LogP contribution in [0, 0.1) is 11.6 Å². The van der Waals surface area contributed by atoms with Gasteiger partial charge in [-0.3, -0.25) is 9.69 Å². The highest BCUT2D eigenvalue weighted by atomic mass is 35.5. The van der Waals surface area contributed by atoms with Crippen LogP contribution in [0.5, 0.6) is 5.75 Å². The van der Waals surface area contributed by atoms with E-state index in [1.54, 1.807) is 42.5 Å². The lowest BCUT2D eigenvalue weighted by molar-refractivity contribution is -0.133. The van der Waals surface area contributed by atoms with E-state index in [1.165, 1.54) is 24.3 Å². The second kappa shape index (κ2) is 13.9. The molecule has 0 aliphatic carbocycles. The van der Waals surface area contributed by atoms with Gasteiger partial charge in [0, 0.05) is 50.1 Å². The van der Waals surface area contributed by atoms with Crippen LogP contribution >= 0.6 is 23.2 Å². The molecule has 8 heteroatoms. The first-order chi connectivity index (χ1) is 18.4. The summed E-state index contributed by atoms with van der Waals surface area (Å²) in [6.07, 6.45) is 2.91. The fourth-order valence-corrected chi connectivity index (χ4v) is 5.26. The minimum absolute atomic E-state index is 0.0276. The van der Waals surface area contributed by atoms with Crippen LogP contribution in [0.4, 0.5) is 8.78 Å². The van der Waals surface area contributed by atoms with Crippen LogP contribution in [-0.2, 0) is 4.79 Å². The zero-order valence-corrected chi connectivity index (χ0v) is 22.7. The maximum absolute atomic E-state index is 13.5. The van der Waals surface area contributed by atoms with E-state index in [9.17, 15) is 13.6 Å². The van der Waals surface area contributed by atoms with Crippen molar-refractivity contribution >= 4 is 29.1 Å². The zero-order valence-electron chi connectivity index (χ0n) is 21.2. The summed E-state index contributed by atoms with van der Waals surface area (Å²) in [6, 6.07) is 18.1. The Kier molecular flexibility index (Phi) is 10.4. The average Bonchev–Trinajstić information content (AvgIpc) is 2.91. The molecule has 1 amide bonds. The highest BCUT2D eigenvalue weighted by molar-refractivity contribution is 6.35. The predicted octanol–water partition coefficient (Wildman–Crippen LogP) is 7.19. The first-order valence-corrected chi connectivity index (χ1v) is 13.7. The summed E-state index contributed by atoms with van der Waals surface area (Å²) in [5, 5.41) is 1.07. The summed E-state index contributed by atoms with van der Waals surface area (Å²) in [4.78, 5) is 17.0. The third kappa shape index (κ3) is 8.16. The van der Waals surface area contributed by atoms with Crippen LogP contribution in [0.15, 0.2) is 66.7 Å². The van der Waals surface area contributed by atoms with Crippen LogP contribution in [-0.4, -0.2) is 55.0 Å². The monoisotopic (exact) mass is 560 g/mol. The SMILES string of the molecule is O=C(CCCCC(c1ccc(F)cc1)c1ccc(F)cc1)N1CCN(CCOc2ccc(Cl)cc2Cl)CC1. The number of hydrogen-bond donors (Lipinski definition) is 0. The average molecular weight is 562 g/mol. The van der Waals surface area contributed by atoms with E-state index < -0.39 is 0 Å². The molecule has 0 unspecified atom stereocenters. The Labute approximate surface area is 233 Å². The van der Waals surface area contributed by atoms with Gasteiger partial charge in [0.05, 0.1) is 5.02 Å². The molecule has 1 saturated heterocycles. The van der Waals surface area contributed by atoms with Gasteiger partial charge < -0.3 is 9.64 Å². The van der Waals surface area contributed by atoms with Crippen LogP contribution < -0.4 is 4.74 Å². The largest absolute Gasteiger partial charge is 0.491 e. The van der Waals surface area contributed by atoms with E-state index in [2.05, 4.69) is 4.90 Å². The minimum Gasteiger partial charge on any atom is -0.491 e. The zero-order chi connectivity index (χ0) is 26.9. The van der Waals surface area contributed by atoms with Crippen molar-refractivity contribution in [2.75, 3.05) is 39.3 Å². The molecular formula is C30H32Cl2F2N2O2. The van der Waals surface area contributed by atoms with Gasteiger partial charge in [-0.1, -0.05) is 53.9 Å². The Balaban J connectivity index is 1.18. The van der Waals surface area contributed by atoms with E-state index in [0.29, 0.717) is 41.9 Å². The quantitative estimate of drug-likeness (QED) is 0.233. The molecule has 0 bridgehead atoms. The van der Waals surface area contributed by atoms with E-state index in [-0.39, 0.29) is 23.5 Å². The first kappa shape index (κ1) is 28.3. The van der Waals surface area contributed by atoms with Crippen molar-refractivity contribution in [3.63, 3.8) is 0 Å². The lowest BCUT2D eigenvalue weighted by Crippen LogP contribution is -2.49. The van der Waals surface area contributed by atoms with Crippen molar-refractivity contribution in [2.24, 2.45) is 0 Å². The lowest BCUT2D eigenvalue weighted by atomic mass is 9.87. The molecule has 0 saturated carbocycles. The van der Waals surface area contributed by atoms with Gasteiger partial charge in [-0.15, -0.1) is 0 Å². The Bertz CT molecular complexity index is 1140. The third-order valence-corrected chi connectivity index (χ3v) is 7.49. The third-order valence-electron chi connectivity index (χ3n) is 6.96. The molecule has 202 valence electrons. The summed E-state index contributed by atoms with van der Waals surface area (Å²) >= 11 is 12.1. The Morgan fingerprint density at radius 3 is 2.03 bits per heavy atom. The number of halogens is 4. The molecule has 0 atom stereocenters. The van der Waals surface area contributed by atoms with E-state index in [1.807, 2.05) is 4.90 Å². The van der Waals surface area contributed by atoms with Gasteiger partial charge in [0.15, 0.2) is 0 Å². The van der Waals surface area contributed by atoms with Gasteiger partial charge in [-0.05, 0) is 66.4 Å². The normalized spacial score (nSPS) is 14.2. The number of unbranched alkanes of at least 4 members (excludes halogenated alkanes) is 1. The molecule has 4 rings (SSSR count). The molecule has 1 fully saturated rings. The number of amides is 1. The number of piperazine rings is 1. The standard InChI is InChI=1S/C30H32Cl2F2N2O2/c31-24-9-14-29(28(32)21-24)38-20-19-35-15-17-36(18-16-35)30(37)4-2-1-3-27(22-5-10-25(33)11-6-22)23-7-12-26(34)13-8-23/h5-14,21,27H,1-4,15-20H2. The van der Waals surface area contributed by atoms with Gasteiger partial charge in [0.2, 0.25) is 5.91 Å². The maximum Gasteiger partial charge on any atom is 0.222 e. The van der Waals surface area contributed by atoms with E-state index >= 15 is 0 Å². The van der Waals surface area contributed by atoms with Crippen LogP contribution in [0.25, 0.3) is 0 Å². The Morgan fingerprint density at radius 1 is 0.842 bits per heavy atom.